The molecule has 2 aromatic carbocycles. The number of halogens is 1. The summed E-state index contributed by atoms with van der Waals surface area (Å²) in [7, 11) is -1.94. The molecule has 1 aliphatic heterocycles. The van der Waals surface area contributed by atoms with Crippen molar-refractivity contribution in [3.8, 4) is 0 Å². The van der Waals surface area contributed by atoms with Gasteiger partial charge in [0.25, 0.3) is 0 Å². The van der Waals surface area contributed by atoms with Crippen LogP contribution < -0.4 is 13.9 Å². The van der Waals surface area contributed by atoms with Gasteiger partial charge in [-0.05, 0) is 50.3 Å². The quantitative estimate of drug-likeness (QED) is 0.855. The van der Waals surface area contributed by atoms with Gasteiger partial charge in [-0.1, -0.05) is 18.2 Å². The molecule has 0 bridgehead atoms. The summed E-state index contributed by atoms with van der Waals surface area (Å²) in [6.45, 7) is 1.08. The van der Waals surface area contributed by atoms with Gasteiger partial charge >= 0.3 is 10.2 Å². The van der Waals surface area contributed by atoms with Crippen molar-refractivity contribution in [2.24, 2.45) is 0 Å². The van der Waals surface area contributed by atoms with E-state index in [0.717, 1.165) is 0 Å². The fourth-order valence-electron chi connectivity index (χ4n) is 2.70. The summed E-state index contributed by atoms with van der Waals surface area (Å²) in [5, 5.41) is 3.01. The van der Waals surface area contributed by atoms with Crippen molar-refractivity contribution in [2.75, 3.05) is 28.7 Å². The van der Waals surface area contributed by atoms with Crippen LogP contribution >= 0.6 is 0 Å². The first-order valence-electron chi connectivity index (χ1n) is 7.38. The highest BCUT2D eigenvalue weighted by atomic mass is 32.2. The van der Waals surface area contributed by atoms with Crippen LogP contribution in [0.1, 0.15) is 6.42 Å². The second-order valence-electron chi connectivity index (χ2n) is 5.27. The minimum absolute atomic E-state index is 0.300. The Hall–Kier alpha value is -2.12. The predicted octanol–water partition coefficient (Wildman–Crippen LogP) is 2.64. The number of nitrogens with one attached hydrogen (secondary N) is 1. The molecule has 0 aromatic heterocycles. The van der Waals surface area contributed by atoms with E-state index >= 15 is 0 Å². The molecule has 0 saturated heterocycles. The Morgan fingerprint density at radius 3 is 2.52 bits per heavy atom. The van der Waals surface area contributed by atoms with Crippen molar-refractivity contribution >= 4 is 27.3 Å². The van der Waals surface area contributed by atoms with Crippen molar-refractivity contribution in [3.63, 3.8) is 0 Å². The normalized spacial score (nSPS) is 15.7. The predicted molar refractivity (Wildman–Crippen MR) is 89.8 cm³/mol. The summed E-state index contributed by atoms with van der Waals surface area (Å²) in [6, 6.07) is 12.7. The third-order valence-corrected chi connectivity index (χ3v) is 5.51. The lowest BCUT2D eigenvalue weighted by Crippen LogP contribution is -2.36. The van der Waals surface area contributed by atoms with E-state index in [1.807, 2.05) is 7.05 Å². The second kappa shape index (κ2) is 6.17. The van der Waals surface area contributed by atoms with Gasteiger partial charge in [-0.2, -0.15) is 8.42 Å². The van der Waals surface area contributed by atoms with Gasteiger partial charge in [0.05, 0.1) is 17.1 Å². The van der Waals surface area contributed by atoms with Crippen LogP contribution in [0.25, 0.3) is 0 Å². The third-order valence-electron chi connectivity index (χ3n) is 3.71. The molecule has 0 radical (unpaired) electrons. The first kappa shape index (κ1) is 15.8. The van der Waals surface area contributed by atoms with Crippen LogP contribution in [0.2, 0.25) is 0 Å². The monoisotopic (exact) mass is 335 g/mol. The molecule has 1 aliphatic rings. The van der Waals surface area contributed by atoms with E-state index in [0.29, 0.717) is 36.6 Å². The Morgan fingerprint density at radius 1 is 1.09 bits per heavy atom. The maximum absolute atomic E-state index is 13.6. The molecule has 0 aliphatic carbocycles. The van der Waals surface area contributed by atoms with Crippen molar-refractivity contribution in [3.05, 3.63) is 54.3 Å². The van der Waals surface area contributed by atoms with E-state index in [2.05, 4.69) is 5.32 Å². The van der Waals surface area contributed by atoms with Gasteiger partial charge < -0.3 is 5.32 Å². The zero-order valence-electron chi connectivity index (χ0n) is 12.7. The van der Waals surface area contributed by atoms with Crippen LogP contribution in [0.4, 0.5) is 21.5 Å². The highest BCUT2D eigenvalue weighted by molar-refractivity contribution is 7.95. The Kier molecular flexibility index (Phi) is 4.23. The van der Waals surface area contributed by atoms with E-state index in [1.165, 1.54) is 26.8 Å². The molecule has 5 nitrogen and oxygen atoms in total. The largest absolute Gasteiger partial charge is 0.330 e. The zero-order chi connectivity index (χ0) is 16.4. The summed E-state index contributed by atoms with van der Waals surface area (Å²) in [4.78, 5) is 0. The Labute approximate surface area is 135 Å². The average molecular weight is 335 g/mol. The van der Waals surface area contributed by atoms with Crippen LogP contribution in [0.15, 0.2) is 48.5 Å². The fourth-order valence-corrected chi connectivity index (χ4v) is 4.45. The Bertz CT molecular complexity index is 810. The number of rotatable bonds is 5. The highest BCUT2D eigenvalue weighted by Crippen LogP contribution is 2.45. The van der Waals surface area contributed by atoms with Crippen LogP contribution in [-0.2, 0) is 10.2 Å². The molecular weight excluding hydrogens is 317 g/mol. The maximum Gasteiger partial charge on any atom is 0.330 e. The van der Waals surface area contributed by atoms with Crippen LogP contribution in [-0.4, -0.2) is 28.6 Å². The Morgan fingerprint density at radius 2 is 1.83 bits per heavy atom. The summed E-state index contributed by atoms with van der Waals surface area (Å²) in [5.74, 6) is -0.469. The molecule has 1 N–H and O–H groups in total. The molecule has 0 unspecified atom stereocenters. The summed E-state index contributed by atoms with van der Waals surface area (Å²) in [5.41, 5.74) is 1.46. The van der Waals surface area contributed by atoms with Gasteiger partial charge in [0.15, 0.2) is 0 Å². The molecule has 2 aromatic rings. The smallest absolute Gasteiger partial charge is 0.320 e. The first-order chi connectivity index (χ1) is 11.1. The molecule has 0 atom stereocenters. The summed E-state index contributed by atoms with van der Waals surface area (Å²) < 4.78 is 42.1. The first-order valence-corrected chi connectivity index (χ1v) is 8.77. The molecule has 122 valence electrons. The Balaban J connectivity index is 2.07. The fraction of sp³-hybridized carbons (Fsp3) is 0.250. The van der Waals surface area contributed by atoms with Gasteiger partial charge in [0.2, 0.25) is 0 Å². The van der Waals surface area contributed by atoms with Crippen LogP contribution in [0.5, 0.6) is 0 Å². The molecule has 0 amide bonds. The van der Waals surface area contributed by atoms with E-state index in [9.17, 15) is 12.8 Å². The van der Waals surface area contributed by atoms with Gasteiger partial charge in [0.1, 0.15) is 5.82 Å². The lowest BCUT2D eigenvalue weighted by molar-refractivity contribution is 0.591. The lowest BCUT2D eigenvalue weighted by Gasteiger charge is -2.21. The van der Waals surface area contributed by atoms with E-state index in [-0.39, 0.29) is 0 Å². The standard InChI is InChI=1S/C16H18FN3O2S/c1-18-10-5-11-19-15-8-2-3-9-16(15)20(23(19,21)22)14-7-4-6-13(17)12-14/h2-4,6-9,12,18H,5,10-11H2,1H3. The number of para-hydroxylation sites is 2. The number of anilines is 3. The molecule has 0 spiro atoms. The molecular formula is C16H18FN3O2S. The number of fused-ring (bicyclic) bond motifs is 1. The third kappa shape index (κ3) is 2.77. The zero-order valence-corrected chi connectivity index (χ0v) is 13.6. The number of nitrogens with zero attached hydrogens (tertiary/aromatic N) is 2. The molecule has 3 rings (SSSR count). The minimum Gasteiger partial charge on any atom is -0.320 e. The maximum atomic E-state index is 13.6. The lowest BCUT2D eigenvalue weighted by atomic mass is 10.2. The summed E-state index contributed by atoms with van der Waals surface area (Å²) >= 11 is 0. The van der Waals surface area contributed by atoms with Crippen molar-refractivity contribution < 1.29 is 12.8 Å². The van der Waals surface area contributed by atoms with Crippen LogP contribution in [0.3, 0.4) is 0 Å². The molecule has 7 heteroatoms. The molecule has 0 fully saturated rings. The van der Waals surface area contributed by atoms with E-state index < -0.39 is 16.0 Å². The summed E-state index contributed by atoms with van der Waals surface area (Å²) in [6.07, 6.45) is 0.682. The van der Waals surface area contributed by atoms with Gasteiger partial charge in [-0.3, -0.25) is 4.31 Å². The van der Waals surface area contributed by atoms with Gasteiger partial charge in [0, 0.05) is 6.54 Å². The van der Waals surface area contributed by atoms with Crippen LogP contribution in [0, 0.1) is 5.82 Å². The van der Waals surface area contributed by atoms with Crippen molar-refractivity contribution in [2.45, 2.75) is 6.42 Å². The van der Waals surface area contributed by atoms with Crippen molar-refractivity contribution in [1.29, 1.82) is 0 Å². The minimum atomic E-state index is -3.77. The molecule has 1 heterocycles. The average Bonchev–Trinajstić information content (AvgIpc) is 2.74. The molecule has 23 heavy (non-hydrogen) atoms. The number of hydrogen-bond donors (Lipinski definition) is 1. The van der Waals surface area contributed by atoms with E-state index in [1.54, 1.807) is 30.3 Å². The van der Waals surface area contributed by atoms with Gasteiger partial charge in [-0.15, -0.1) is 0 Å². The molecule has 0 saturated carbocycles. The van der Waals surface area contributed by atoms with Gasteiger partial charge in [-0.25, -0.2) is 8.70 Å². The number of hydrogen-bond acceptors (Lipinski definition) is 3. The highest BCUT2D eigenvalue weighted by Gasteiger charge is 2.40. The number of benzene rings is 2. The second-order valence-corrected chi connectivity index (χ2v) is 6.97. The topological polar surface area (TPSA) is 52.6 Å². The van der Waals surface area contributed by atoms with E-state index in [4.69, 9.17) is 0 Å². The SMILES string of the molecule is CNCCCN1c2ccccc2N(c2cccc(F)c2)S1(=O)=O. The van der Waals surface area contributed by atoms with Crippen molar-refractivity contribution in [1.82, 2.24) is 5.32 Å².